The van der Waals surface area contributed by atoms with E-state index in [4.69, 9.17) is 11.6 Å². The van der Waals surface area contributed by atoms with E-state index in [1.54, 1.807) is 0 Å². The van der Waals surface area contributed by atoms with Crippen LogP contribution in [-0.2, 0) is 6.42 Å². The summed E-state index contributed by atoms with van der Waals surface area (Å²) < 4.78 is 0. The molecule has 0 N–H and O–H groups in total. The summed E-state index contributed by atoms with van der Waals surface area (Å²) in [5, 5.41) is 0. The van der Waals surface area contributed by atoms with Crippen LogP contribution in [0.4, 0.5) is 0 Å². The lowest BCUT2D eigenvalue weighted by Gasteiger charge is -2.04. The molecule has 0 aliphatic carbocycles. The van der Waals surface area contributed by atoms with Crippen molar-refractivity contribution in [2.75, 3.05) is 5.88 Å². The van der Waals surface area contributed by atoms with Crippen LogP contribution in [0.15, 0.2) is 30.3 Å². The second-order valence-electron chi connectivity index (χ2n) is 4.22. The fourth-order valence-electron chi connectivity index (χ4n) is 1.52. The number of halogens is 1. The molecule has 0 fully saturated rings. The van der Waals surface area contributed by atoms with Gasteiger partial charge in [0, 0.05) is 5.88 Å². The fourth-order valence-corrected chi connectivity index (χ4v) is 1.64. The van der Waals surface area contributed by atoms with Gasteiger partial charge in [-0.25, -0.2) is 0 Å². The Morgan fingerprint density at radius 1 is 1.20 bits per heavy atom. The molecular formula is C14H19Cl. The number of allylic oxidation sites excluding steroid dienone is 1. The molecule has 0 amide bonds. The predicted octanol–water partition coefficient (Wildman–Crippen LogP) is 4.53. The van der Waals surface area contributed by atoms with Gasteiger partial charge in [-0.2, -0.15) is 0 Å². The molecule has 1 aromatic carbocycles. The van der Waals surface area contributed by atoms with Gasteiger partial charge in [0.1, 0.15) is 0 Å². The molecule has 1 aromatic rings. The van der Waals surface area contributed by atoms with Gasteiger partial charge >= 0.3 is 0 Å². The lowest BCUT2D eigenvalue weighted by Crippen LogP contribution is -1.93. The first-order valence-corrected chi connectivity index (χ1v) is 6.07. The summed E-state index contributed by atoms with van der Waals surface area (Å²) in [6, 6.07) is 8.76. The summed E-state index contributed by atoms with van der Waals surface area (Å²) >= 11 is 5.60. The smallest absolute Gasteiger partial charge is 0.0258 e. The van der Waals surface area contributed by atoms with Gasteiger partial charge in [0.25, 0.3) is 0 Å². The van der Waals surface area contributed by atoms with E-state index in [2.05, 4.69) is 50.3 Å². The number of rotatable bonds is 5. The minimum atomic E-state index is 0.696. The molecule has 15 heavy (non-hydrogen) atoms. The van der Waals surface area contributed by atoms with Crippen molar-refractivity contribution in [1.29, 1.82) is 0 Å². The molecule has 0 heterocycles. The first-order valence-electron chi connectivity index (χ1n) is 5.54. The highest BCUT2D eigenvalue weighted by Gasteiger charge is 1.96. The molecule has 1 rings (SSSR count). The highest BCUT2D eigenvalue weighted by Crippen LogP contribution is 2.11. The molecule has 0 aromatic heterocycles. The van der Waals surface area contributed by atoms with Crippen LogP contribution in [0.1, 0.15) is 31.4 Å². The summed E-state index contributed by atoms with van der Waals surface area (Å²) in [4.78, 5) is 0. The Morgan fingerprint density at radius 3 is 2.40 bits per heavy atom. The molecule has 1 heteroatoms. The molecule has 0 aliphatic rings. The normalized spacial score (nSPS) is 11.5. The molecular weight excluding hydrogens is 204 g/mol. The maximum absolute atomic E-state index is 5.60. The third-order valence-electron chi connectivity index (χ3n) is 2.21. The van der Waals surface area contributed by atoms with E-state index in [0.717, 1.165) is 18.8 Å². The third kappa shape index (κ3) is 5.03. The van der Waals surface area contributed by atoms with Crippen molar-refractivity contribution in [2.24, 2.45) is 5.92 Å². The Bertz CT molecular complexity index is 296. The average molecular weight is 223 g/mol. The van der Waals surface area contributed by atoms with E-state index in [-0.39, 0.29) is 0 Å². The van der Waals surface area contributed by atoms with Crippen molar-refractivity contribution in [3.8, 4) is 0 Å². The standard InChI is InChI=1S/C14H19Cl/c1-12(2)11-14-8-6-13(7-9-14)5-3-4-10-15/h3,5-9,12H,4,10-11H2,1-2H3. The Hall–Kier alpha value is -0.750. The minimum Gasteiger partial charge on any atom is -0.126 e. The highest BCUT2D eigenvalue weighted by molar-refractivity contribution is 6.17. The number of alkyl halides is 1. The third-order valence-corrected chi connectivity index (χ3v) is 2.43. The quantitative estimate of drug-likeness (QED) is 0.643. The minimum absolute atomic E-state index is 0.696. The van der Waals surface area contributed by atoms with Crippen LogP contribution in [0, 0.1) is 5.92 Å². The van der Waals surface area contributed by atoms with Crippen molar-refractivity contribution in [3.05, 3.63) is 41.5 Å². The zero-order chi connectivity index (χ0) is 11.1. The number of benzene rings is 1. The summed E-state index contributed by atoms with van der Waals surface area (Å²) in [7, 11) is 0. The molecule has 0 unspecified atom stereocenters. The lowest BCUT2D eigenvalue weighted by molar-refractivity contribution is 0.647. The monoisotopic (exact) mass is 222 g/mol. The summed E-state index contributed by atoms with van der Waals surface area (Å²) in [6.45, 7) is 4.49. The van der Waals surface area contributed by atoms with E-state index in [0.29, 0.717) is 5.88 Å². The fraction of sp³-hybridized carbons (Fsp3) is 0.429. The number of hydrogen-bond acceptors (Lipinski definition) is 0. The van der Waals surface area contributed by atoms with E-state index in [9.17, 15) is 0 Å². The molecule has 0 bridgehead atoms. The van der Waals surface area contributed by atoms with E-state index < -0.39 is 0 Å². The molecule has 0 aliphatic heterocycles. The Kier molecular flexibility index (Phi) is 5.49. The van der Waals surface area contributed by atoms with Crippen LogP contribution in [0.5, 0.6) is 0 Å². The highest BCUT2D eigenvalue weighted by atomic mass is 35.5. The SMILES string of the molecule is CC(C)Cc1ccc(C=CCCCl)cc1. The summed E-state index contributed by atoms with van der Waals surface area (Å²) in [5.74, 6) is 1.42. The summed E-state index contributed by atoms with van der Waals surface area (Å²) in [5.41, 5.74) is 2.67. The number of hydrogen-bond donors (Lipinski definition) is 0. The maximum Gasteiger partial charge on any atom is 0.0258 e. The second kappa shape index (κ2) is 6.68. The van der Waals surface area contributed by atoms with Crippen molar-refractivity contribution in [3.63, 3.8) is 0 Å². The Labute approximate surface area is 98.0 Å². The van der Waals surface area contributed by atoms with Gasteiger partial charge < -0.3 is 0 Å². The molecule has 0 saturated carbocycles. The predicted molar refractivity (Wildman–Crippen MR) is 69.4 cm³/mol. The van der Waals surface area contributed by atoms with Gasteiger partial charge in [-0.15, -0.1) is 11.6 Å². The molecule has 0 spiro atoms. The van der Waals surface area contributed by atoms with Gasteiger partial charge in [-0.05, 0) is 29.9 Å². The van der Waals surface area contributed by atoms with E-state index >= 15 is 0 Å². The first kappa shape index (κ1) is 12.3. The Balaban J connectivity index is 2.56. The average Bonchev–Trinajstić information content (AvgIpc) is 2.20. The van der Waals surface area contributed by atoms with E-state index in [1.165, 1.54) is 11.1 Å². The molecule has 0 radical (unpaired) electrons. The molecule has 82 valence electrons. The van der Waals surface area contributed by atoms with Crippen molar-refractivity contribution in [2.45, 2.75) is 26.7 Å². The van der Waals surface area contributed by atoms with Gasteiger partial charge in [0.15, 0.2) is 0 Å². The lowest BCUT2D eigenvalue weighted by atomic mass is 10.0. The largest absolute Gasteiger partial charge is 0.126 e. The zero-order valence-electron chi connectivity index (χ0n) is 9.54. The van der Waals surface area contributed by atoms with Crippen LogP contribution in [0.2, 0.25) is 0 Å². The zero-order valence-corrected chi connectivity index (χ0v) is 10.3. The van der Waals surface area contributed by atoms with E-state index in [1.807, 2.05) is 0 Å². The van der Waals surface area contributed by atoms with Crippen LogP contribution in [0.25, 0.3) is 6.08 Å². The van der Waals surface area contributed by atoms with Gasteiger partial charge in [-0.1, -0.05) is 50.3 Å². The van der Waals surface area contributed by atoms with Crippen LogP contribution >= 0.6 is 11.6 Å². The first-order chi connectivity index (χ1) is 7.22. The van der Waals surface area contributed by atoms with Crippen molar-refractivity contribution in [1.82, 2.24) is 0 Å². The molecule has 0 nitrogen and oxygen atoms in total. The van der Waals surface area contributed by atoms with Crippen LogP contribution < -0.4 is 0 Å². The maximum atomic E-state index is 5.60. The Morgan fingerprint density at radius 2 is 1.87 bits per heavy atom. The van der Waals surface area contributed by atoms with Crippen LogP contribution in [0.3, 0.4) is 0 Å². The second-order valence-corrected chi connectivity index (χ2v) is 4.60. The molecule has 0 atom stereocenters. The van der Waals surface area contributed by atoms with Gasteiger partial charge in [-0.3, -0.25) is 0 Å². The summed E-state index contributed by atoms with van der Waals surface area (Å²) in [6.07, 6.45) is 6.34. The van der Waals surface area contributed by atoms with Crippen LogP contribution in [-0.4, -0.2) is 5.88 Å². The van der Waals surface area contributed by atoms with Gasteiger partial charge in [0.05, 0.1) is 0 Å². The van der Waals surface area contributed by atoms with Crippen molar-refractivity contribution < 1.29 is 0 Å². The topological polar surface area (TPSA) is 0 Å². The van der Waals surface area contributed by atoms with Crippen molar-refractivity contribution >= 4 is 17.7 Å². The molecule has 0 saturated heterocycles. The van der Waals surface area contributed by atoms with Gasteiger partial charge in [0.2, 0.25) is 0 Å².